The molecular weight excluding hydrogens is 231 g/mol. The van der Waals surface area contributed by atoms with Crippen molar-refractivity contribution in [3.05, 3.63) is 36.6 Å². The van der Waals surface area contributed by atoms with E-state index >= 15 is 0 Å². The third-order valence-electron chi connectivity index (χ3n) is 3.04. The lowest BCUT2D eigenvalue weighted by Crippen LogP contribution is -2.54. The molecule has 1 rings (SSSR count). The SMILES string of the molecule is C=CC(C)C1=C[N+](C)(OC)C(C(F)(F)F)C=C1. The summed E-state index contributed by atoms with van der Waals surface area (Å²) in [6, 6.07) is -1.67. The van der Waals surface area contributed by atoms with Gasteiger partial charge in [-0.3, -0.25) is 0 Å². The number of quaternary nitrogens is 1. The van der Waals surface area contributed by atoms with Crippen molar-refractivity contribution in [1.29, 1.82) is 0 Å². The molecule has 0 aromatic heterocycles. The molecule has 96 valence electrons. The van der Waals surface area contributed by atoms with Gasteiger partial charge in [-0.1, -0.05) is 19.1 Å². The van der Waals surface area contributed by atoms with Crippen LogP contribution < -0.4 is 0 Å². The number of halogens is 3. The van der Waals surface area contributed by atoms with E-state index in [2.05, 4.69) is 6.58 Å². The van der Waals surface area contributed by atoms with Crippen LogP contribution in [0.4, 0.5) is 13.2 Å². The molecule has 0 aromatic carbocycles. The van der Waals surface area contributed by atoms with Gasteiger partial charge in [0.25, 0.3) is 0 Å². The molecule has 3 unspecified atom stereocenters. The Bertz CT molecular complexity index is 359. The highest BCUT2D eigenvalue weighted by Crippen LogP contribution is 2.35. The van der Waals surface area contributed by atoms with Gasteiger partial charge in [-0.25, -0.2) is 4.84 Å². The summed E-state index contributed by atoms with van der Waals surface area (Å²) in [5.74, 6) is -0.00645. The Morgan fingerprint density at radius 3 is 2.53 bits per heavy atom. The summed E-state index contributed by atoms with van der Waals surface area (Å²) in [4.78, 5) is 5.00. The normalized spacial score (nSPS) is 30.9. The molecular formula is C12H17F3NO+. The van der Waals surface area contributed by atoms with Crippen LogP contribution in [0.3, 0.4) is 0 Å². The fraction of sp³-hybridized carbons (Fsp3) is 0.500. The van der Waals surface area contributed by atoms with Gasteiger partial charge >= 0.3 is 6.18 Å². The zero-order valence-corrected chi connectivity index (χ0v) is 10.2. The van der Waals surface area contributed by atoms with Crippen LogP contribution in [-0.2, 0) is 4.84 Å². The molecule has 0 aliphatic carbocycles. The summed E-state index contributed by atoms with van der Waals surface area (Å²) in [5.41, 5.74) is 0.768. The summed E-state index contributed by atoms with van der Waals surface area (Å²) >= 11 is 0. The van der Waals surface area contributed by atoms with Crippen LogP contribution in [0.1, 0.15) is 6.92 Å². The van der Waals surface area contributed by atoms with Crippen molar-refractivity contribution in [2.24, 2.45) is 5.92 Å². The van der Waals surface area contributed by atoms with E-state index in [1.165, 1.54) is 26.4 Å². The standard InChI is InChI=1S/C12H17F3NO/c1-5-9(2)10-6-7-11(12(13,14)15)16(3,8-10)17-4/h5-9,11H,1H2,2-4H3/q+1. The summed E-state index contributed by atoms with van der Waals surface area (Å²) < 4.78 is 37.9. The molecule has 0 spiro atoms. The number of likely N-dealkylation sites (N-methyl/N-ethyl adjacent to an activating group) is 1. The maximum atomic E-state index is 12.8. The number of alkyl halides is 3. The van der Waals surface area contributed by atoms with Gasteiger partial charge in [-0.2, -0.15) is 13.2 Å². The Kier molecular flexibility index (Phi) is 3.84. The van der Waals surface area contributed by atoms with Gasteiger partial charge in [0, 0.05) is 11.5 Å². The maximum Gasteiger partial charge on any atom is 0.448 e. The average molecular weight is 248 g/mol. The van der Waals surface area contributed by atoms with Gasteiger partial charge < -0.3 is 0 Å². The number of allylic oxidation sites excluding steroid dienone is 3. The number of hydrogen-bond acceptors (Lipinski definition) is 1. The van der Waals surface area contributed by atoms with Crippen molar-refractivity contribution in [1.82, 2.24) is 0 Å². The Labute approximate surface area is 99.2 Å². The second kappa shape index (κ2) is 4.66. The maximum absolute atomic E-state index is 12.8. The Morgan fingerprint density at radius 1 is 1.53 bits per heavy atom. The van der Waals surface area contributed by atoms with Crippen LogP contribution in [0.2, 0.25) is 0 Å². The second-order valence-corrected chi connectivity index (χ2v) is 4.24. The predicted molar refractivity (Wildman–Crippen MR) is 59.6 cm³/mol. The lowest BCUT2D eigenvalue weighted by molar-refractivity contribution is -1.07. The van der Waals surface area contributed by atoms with E-state index in [0.29, 0.717) is 0 Å². The van der Waals surface area contributed by atoms with Gasteiger partial charge in [0.15, 0.2) is 0 Å². The Morgan fingerprint density at radius 2 is 2.12 bits per heavy atom. The summed E-state index contributed by atoms with van der Waals surface area (Å²) in [5, 5.41) is 0. The predicted octanol–water partition coefficient (Wildman–Crippen LogP) is 3.20. The largest absolute Gasteiger partial charge is 0.448 e. The second-order valence-electron chi connectivity index (χ2n) is 4.24. The minimum Gasteiger partial charge on any atom is -0.201 e. The first kappa shape index (κ1) is 14.0. The van der Waals surface area contributed by atoms with E-state index in [-0.39, 0.29) is 5.92 Å². The number of nitrogens with zero attached hydrogens (tertiary/aromatic N) is 1. The van der Waals surface area contributed by atoms with E-state index in [0.717, 1.165) is 11.6 Å². The Hall–Kier alpha value is -1.07. The Balaban J connectivity index is 3.11. The third kappa shape index (κ3) is 2.79. The first-order chi connectivity index (χ1) is 7.74. The van der Waals surface area contributed by atoms with Crippen LogP contribution in [-0.4, -0.2) is 31.0 Å². The average Bonchev–Trinajstić information content (AvgIpc) is 2.26. The van der Waals surface area contributed by atoms with Gasteiger partial charge in [-0.15, -0.1) is 11.2 Å². The summed E-state index contributed by atoms with van der Waals surface area (Å²) in [7, 11) is 2.65. The lowest BCUT2D eigenvalue weighted by Gasteiger charge is -2.36. The lowest BCUT2D eigenvalue weighted by atomic mass is 9.97. The zero-order valence-electron chi connectivity index (χ0n) is 10.2. The number of hydroxylamine groups is 3. The first-order valence-corrected chi connectivity index (χ1v) is 5.26. The molecule has 0 saturated carbocycles. The van der Waals surface area contributed by atoms with E-state index in [1.807, 2.05) is 6.92 Å². The molecule has 5 heteroatoms. The monoisotopic (exact) mass is 248 g/mol. The van der Waals surface area contributed by atoms with Crippen LogP contribution in [0, 0.1) is 5.92 Å². The quantitative estimate of drug-likeness (QED) is 0.550. The van der Waals surface area contributed by atoms with Gasteiger partial charge in [0.1, 0.15) is 13.2 Å². The molecule has 0 bridgehead atoms. The third-order valence-corrected chi connectivity index (χ3v) is 3.04. The van der Waals surface area contributed by atoms with Crippen LogP contribution in [0.25, 0.3) is 0 Å². The fourth-order valence-electron chi connectivity index (χ4n) is 1.76. The molecule has 0 radical (unpaired) electrons. The molecule has 1 aliphatic rings. The highest BCUT2D eigenvalue weighted by atomic mass is 19.4. The highest BCUT2D eigenvalue weighted by molar-refractivity contribution is 5.26. The minimum atomic E-state index is -4.33. The molecule has 17 heavy (non-hydrogen) atoms. The van der Waals surface area contributed by atoms with Crippen LogP contribution in [0.15, 0.2) is 36.6 Å². The summed E-state index contributed by atoms with van der Waals surface area (Å²) in [6.45, 7) is 5.50. The highest BCUT2D eigenvalue weighted by Gasteiger charge is 2.53. The smallest absolute Gasteiger partial charge is 0.201 e. The molecule has 0 fully saturated rings. The van der Waals surface area contributed by atoms with Gasteiger partial charge in [0.05, 0.1) is 7.11 Å². The number of hydrogen-bond donors (Lipinski definition) is 0. The van der Waals surface area contributed by atoms with Gasteiger partial charge in [-0.05, 0) is 6.08 Å². The molecule has 1 heterocycles. The molecule has 1 aliphatic heterocycles. The molecule has 2 nitrogen and oxygen atoms in total. The van der Waals surface area contributed by atoms with Gasteiger partial charge in [0.2, 0.25) is 6.04 Å². The topological polar surface area (TPSA) is 9.23 Å². The minimum absolute atomic E-state index is 0.00645. The van der Waals surface area contributed by atoms with Crippen molar-refractivity contribution in [3.63, 3.8) is 0 Å². The van der Waals surface area contributed by atoms with Crippen LogP contribution in [0.5, 0.6) is 0 Å². The van der Waals surface area contributed by atoms with E-state index in [4.69, 9.17) is 4.84 Å². The molecule has 0 aromatic rings. The van der Waals surface area contributed by atoms with Crippen molar-refractivity contribution < 1.29 is 22.7 Å². The zero-order chi connectivity index (χ0) is 13.3. The van der Waals surface area contributed by atoms with Crippen molar-refractivity contribution >= 4 is 0 Å². The van der Waals surface area contributed by atoms with Crippen molar-refractivity contribution in [2.75, 3.05) is 14.2 Å². The summed E-state index contributed by atoms with van der Waals surface area (Å²) in [6.07, 6.45) is 1.46. The van der Waals surface area contributed by atoms with E-state index < -0.39 is 16.9 Å². The van der Waals surface area contributed by atoms with Crippen LogP contribution >= 0.6 is 0 Å². The molecule has 0 amide bonds. The van der Waals surface area contributed by atoms with Crippen molar-refractivity contribution in [3.8, 4) is 0 Å². The molecule has 0 saturated heterocycles. The number of rotatable bonds is 3. The van der Waals surface area contributed by atoms with Crippen molar-refractivity contribution in [2.45, 2.75) is 19.1 Å². The van der Waals surface area contributed by atoms with E-state index in [9.17, 15) is 13.2 Å². The fourth-order valence-corrected chi connectivity index (χ4v) is 1.76. The van der Waals surface area contributed by atoms with E-state index in [1.54, 1.807) is 6.08 Å². The first-order valence-electron chi connectivity index (χ1n) is 5.26. The molecule has 3 atom stereocenters. The molecule has 0 N–H and O–H groups in total.